The minimum atomic E-state index is -0.723. The number of nitrogens with zero attached hydrogens (tertiary/aromatic N) is 1. The molecule has 3 rings (SSSR count). The van der Waals surface area contributed by atoms with E-state index in [4.69, 9.17) is 9.84 Å². The van der Waals surface area contributed by atoms with Crippen molar-refractivity contribution in [3.8, 4) is 0 Å². The van der Waals surface area contributed by atoms with Crippen LogP contribution in [0.4, 0.5) is 0 Å². The number of aliphatic carboxylic acids is 1. The van der Waals surface area contributed by atoms with Crippen molar-refractivity contribution in [2.24, 2.45) is 11.8 Å². The molecule has 2 saturated heterocycles. The maximum atomic E-state index is 10.5. The van der Waals surface area contributed by atoms with E-state index in [0.717, 1.165) is 19.7 Å². The zero-order valence-electron chi connectivity index (χ0n) is 8.48. The van der Waals surface area contributed by atoms with Crippen LogP contribution >= 0.6 is 0 Å². The van der Waals surface area contributed by atoms with Crippen LogP contribution in [0.1, 0.15) is 13.3 Å². The minimum Gasteiger partial charge on any atom is -0.480 e. The van der Waals surface area contributed by atoms with Crippen LogP contribution in [0.15, 0.2) is 0 Å². The number of carbonyl (C=O) groups is 1. The Balaban J connectivity index is 1.82. The molecule has 2 aliphatic heterocycles. The largest absolute Gasteiger partial charge is 0.480 e. The lowest BCUT2D eigenvalue weighted by molar-refractivity contribution is -0.154. The van der Waals surface area contributed by atoms with Crippen molar-refractivity contribution >= 4 is 5.97 Å². The van der Waals surface area contributed by atoms with Gasteiger partial charge in [0.1, 0.15) is 0 Å². The summed E-state index contributed by atoms with van der Waals surface area (Å²) in [4.78, 5) is 12.5. The van der Waals surface area contributed by atoms with Crippen LogP contribution in [0, 0.1) is 11.8 Å². The zero-order chi connectivity index (χ0) is 10.1. The highest BCUT2D eigenvalue weighted by Crippen LogP contribution is 2.41. The van der Waals surface area contributed by atoms with Gasteiger partial charge in [0.25, 0.3) is 0 Å². The van der Waals surface area contributed by atoms with E-state index in [2.05, 4.69) is 0 Å². The molecule has 4 heteroatoms. The monoisotopic (exact) mass is 199 g/mol. The molecule has 4 nitrogen and oxygen atoms in total. The number of hydrogen-bond donors (Lipinski definition) is 1. The number of piperidine rings is 2. The standard InChI is InChI=1S/C10H17NO3/c1-2-14-10-7-3-8(10)5-11(4-7)6-9(12)13/h7-8,10H,2-6H2,1H3,(H,12,13). The summed E-state index contributed by atoms with van der Waals surface area (Å²) >= 11 is 0. The normalized spacial score (nSPS) is 36.5. The highest BCUT2D eigenvalue weighted by atomic mass is 16.5. The number of carboxylic acid groups (broad SMARTS) is 1. The summed E-state index contributed by atoms with van der Waals surface area (Å²) in [6, 6.07) is 0. The predicted molar refractivity (Wildman–Crippen MR) is 51.1 cm³/mol. The van der Waals surface area contributed by atoms with Gasteiger partial charge in [0.05, 0.1) is 12.6 Å². The fourth-order valence-electron chi connectivity index (χ4n) is 2.73. The van der Waals surface area contributed by atoms with Gasteiger partial charge in [-0.15, -0.1) is 0 Å². The van der Waals surface area contributed by atoms with Crippen LogP contribution in [-0.2, 0) is 9.53 Å². The van der Waals surface area contributed by atoms with Crippen LogP contribution in [0.3, 0.4) is 0 Å². The van der Waals surface area contributed by atoms with Crippen molar-refractivity contribution in [1.29, 1.82) is 0 Å². The van der Waals surface area contributed by atoms with Crippen molar-refractivity contribution in [2.45, 2.75) is 19.4 Å². The maximum absolute atomic E-state index is 10.5. The molecule has 3 aliphatic rings. The number of fused-ring (bicyclic) bond motifs is 2. The van der Waals surface area contributed by atoms with Crippen molar-refractivity contribution in [3.63, 3.8) is 0 Å². The first-order valence-corrected chi connectivity index (χ1v) is 5.26. The quantitative estimate of drug-likeness (QED) is 0.713. The van der Waals surface area contributed by atoms with E-state index in [9.17, 15) is 4.79 Å². The van der Waals surface area contributed by atoms with Gasteiger partial charge in [-0.1, -0.05) is 0 Å². The highest BCUT2D eigenvalue weighted by Gasteiger charge is 2.47. The van der Waals surface area contributed by atoms with Crippen molar-refractivity contribution < 1.29 is 14.6 Å². The summed E-state index contributed by atoms with van der Waals surface area (Å²) < 4.78 is 5.62. The van der Waals surface area contributed by atoms with Crippen molar-refractivity contribution in [1.82, 2.24) is 4.90 Å². The molecule has 0 aromatic carbocycles. The molecular weight excluding hydrogens is 182 g/mol. The van der Waals surface area contributed by atoms with E-state index in [1.807, 2.05) is 11.8 Å². The maximum Gasteiger partial charge on any atom is 0.317 e. The summed E-state index contributed by atoms with van der Waals surface area (Å²) in [7, 11) is 0. The van der Waals surface area contributed by atoms with Crippen LogP contribution in [-0.4, -0.2) is 48.3 Å². The second-order valence-electron chi connectivity index (χ2n) is 4.26. The van der Waals surface area contributed by atoms with Crippen molar-refractivity contribution in [3.05, 3.63) is 0 Å². The van der Waals surface area contributed by atoms with Crippen LogP contribution in [0.2, 0.25) is 0 Å². The molecule has 1 saturated carbocycles. The van der Waals surface area contributed by atoms with Gasteiger partial charge in [0, 0.05) is 19.7 Å². The van der Waals surface area contributed by atoms with Gasteiger partial charge < -0.3 is 9.84 Å². The first-order chi connectivity index (χ1) is 6.70. The molecule has 3 fully saturated rings. The Hall–Kier alpha value is -0.610. The lowest BCUT2D eigenvalue weighted by atomic mass is 9.68. The molecule has 2 unspecified atom stereocenters. The Morgan fingerprint density at radius 2 is 2.14 bits per heavy atom. The summed E-state index contributed by atoms with van der Waals surface area (Å²) in [5.74, 6) is 0.431. The smallest absolute Gasteiger partial charge is 0.317 e. The van der Waals surface area contributed by atoms with Gasteiger partial charge in [0.15, 0.2) is 0 Å². The number of hydrogen-bond acceptors (Lipinski definition) is 3. The third kappa shape index (κ3) is 1.77. The van der Waals surface area contributed by atoms with Gasteiger partial charge in [0.2, 0.25) is 0 Å². The predicted octanol–water partition coefficient (Wildman–Crippen LogP) is 0.428. The van der Waals surface area contributed by atoms with Crippen molar-refractivity contribution in [2.75, 3.05) is 26.2 Å². The number of carboxylic acids is 1. The first kappa shape index (κ1) is 9.93. The van der Waals surface area contributed by atoms with Crippen LogP contribution in [0.5, 0.6) is 0 Å². The Kier molecular flexibility index (Phi) is 2.74. The van der Waals surface area contributed by atoms with Gasteiger partial charge in [-0.2, -0.15) is 0 Å². The van der Waals surface area contributed by atoms with E-state index in [1.165, 1.54) is 6.42 Å². The first-order valence-electron chi connectivity index (χ1n) is 5.26. The van der Waals surface area contributed by atoms with Crippen LogP contribution < -0.4 is 0 Å². The van der Waals surface area contributed by atoms with E-state index < -0.39 is 5.97 Å². The second-order valence-corrected chi connectivity index (χ2v) is 4.26. The second kappa shape index (κ2) is 3.87. The molecule has 1 N–H and O–H groups in total. The zero-order valence-corrected chi connectivity index (χ0v) is 8.48. The topological polar surface area (TPSA) is 49.8 Å². The molecule has 0 radical (unpaired) electrons. The average Bonchev–Trinajstić information content (AvgIpc) is 2.13. The molecular formula is C10H17NO3. The highest BCUT2D eigenvalue weighted by molar-refractivity contribution is 5.69. The molecule has 2 heterocycles. The lowest BCUT2D eigenvalue weighted by Gasteiger charge is -2.52. The van der Waals surface area contributed by atoms with E-state index >= 15 is 0 Å². The third-order valence-corrected chi connectivity index (χ3v) is 3.24. The van der Waals surface area contributed by atoms with E-state index in [1.54, 1.807) is 0 Å². The fourth-order valence-corrected chi connectivity index (χ4v) is 2.73. The summed E-state index contributed by atoms with van der Waals surface area (Å²) in [6.07, 6.45) is 1.63. The van der Waals surface area contributed by atoms with E-state index in [0.29, 0.717) is 17.9 Å². The van der Waals surface area contributed by atoms with Gasteiger partial charge in [-0.05, 0) is 25.2 Å². The Labute approximate surface area is 83.8 Å². The molecule has 2 atom stereocenters. The molecule has 1 aliphatic carbocycles. The molecule has 0 amide bonds. The summed E-state index contributed by atoms with van der Waals surface area (Å²) in [6.45, 7) is 4.77. The van der Waals surface area contributed by atoms with Gasteiger partial charge in [-0.25, -0.2) is 0 Å². The number of rotatable bonds is 4. The molecule has 0 spiro atoms. The molecule has 14 heavy (non-hydrogen) atoms. The molecule has 80 valence electrons. The fraction of sp³-hybridized carbons (Fsp3) is 0.900. The Morgan fingerprint density at radius 3 is 2.64 bits per heavy atom. The minimum absolute atomic E-state index is 0.186. The third-order valence-electron chi connectivity index (χ3n) is 3.24. The molecule has 0 aromatic heterocycles. The van der Waals surface area contributed by atoms with Gasteiger partial charge in [-0.3, -0.25) is 9.69 Å². The van der Waals surface area contributed by atoms with Gasteiger partial charge >= 0.3 is 5.97 Å². The lowest BCUT2D eigenvalue weighted by Crippen LogP contribution is -2.59. The Morgan fingerprint density at radius 1 is 1.50 bits per heavy atom. The SMILES string of the molecule is CCOC1C2CC1CN(CC(=O)O)C2. The summed E-state index contributed by atoms with van der Waals surface area (Å²) in [5, 5.41) is 8.66. The molecule has 0 aromatic rings. The Bertz CT molecular complexity index is 219. The van der Waals surface area contributed by atoms with Crippen LogP contribution in [0.25, 0.3) is 0 Å². The molecule has 2 bridgehead atoms. The van der Waals surface area contributed by atoms with E-state index in [-0.39, 0.29) is 6.54 Å². The summed E-state index contributed by atoms with van der Waals surface area (Å²) in [5.41, 5.74) is 0. The number of ether oxygens (including phenoxy) is 1. The average molecular weight is 199 g/mol.